The van der Waals surface area contributed by atoms with Crippen LogP contribution in [0.25, 0.3) is 22.3 Å². The van der Waals surface area contributed by atoms with Crippen LogP contribution in [0.3, 0.4) is 0 Å². The fraction of sp³-hybridized carbons (Fsp3) is 0. The lowest BCUT2D eigenvalue weighted by Crippen LogP contribution is -2.12. The highest BCUT2D eigenvalue weighted by Crippen LogP contribution is 2.33. The van der Waals surface area contributed by atoms with Crippen LogP contribution in [-0.4, -0.2) is 20.9 Å². The Morgan fingerprint density at radius 3 is 2.67 bits per heavy atom. The number of carbonyl (C=O) groups excluding carboxylic acids is 1. The summed E-state index contributed by atoms with van der Waals surface area (Å²) in [5.74, 6) is 0.568. The molecule has 0 unspecified atom stereocenters. The number of pyridine rings is 1. The lowest BCUT2D eigenvalue weighted by molar-refractivity contribution is 0.0998. The number of primary amides is 1. The molecule has 4 rings (SSSR count). The zero-order chi connectivity index (χ0) is 18.8. The third-order valence-electron chi connectivity index (χ3n) is 3.90. The molecule has 0 aliphatic carbocycles. The minimum Gasteiger partial charge on any atom is -0.437 e. The van der Waals surface area contributed by atoms with Crippen molar-refractivity contribution in [2.45, 2.75) is 0 Å². The van der Waals surface area contributed by atoms with Gasteiger partial charge in [0.15, 0.2) is 5.82 Å². The highest BCUT2D eigenvalue weighted by Gasteiger charge is 2.15. The van der Waals surface area contributed by atoms with E-state index >= 15 is 0 Å². The third kappa shape index (κ3) is 3.50. The summed E-state index contributed by atoms with van der Waals surface area (Å²) >= 11 is 3.46. The first-order valence-corrected chi connectivity index (χ1v) is 8.85. The van der Waals surface area contributed by atoms with Gasteiger partial charge < -0.3 is 10.5 Å². The van der Waals surface area contributed by atoms with Crippen molar-refractivity contribution in [3.63, 3.8) is 0 Å². The number of amides is 1. The second-order valence-electron chi connectivity index (χ2n) is 5.72. The molecule has 7 heteroatoms. The van der Waals surface area contributed by atoms with Crippen LogP contribution in [0.15, 0.2) is 71.5 Å². The van der Waals surface area contributed by atoms with Gasteiger partial charge in [0, 0.05) is 22.4 Å². The molecule has 0 radical (unpaired) electrons. The second kappa shape index (κ2) is 7.13. The molecule has 27 heavy (non-hydrogen) atoms. The van der Waals surface area contributed by atoms with Gasteiger partial charge in [-0.05, 0) is 42.5 Å². The normalized spacial score (nSPS) is 10.7. The maximum atomic E-state index is 11.7. The zero-order valence-electron chi connectivity index (χ0n) is 14.0. The van der Waals surface area contributed by atoms with Crippen molar-refractivity contribution in [1.82, 2.24) is 15.0 Å². The minimum absolute atomic E-state index is 0.280. The van der Waals surface area contributed by atoms with E-state index in [4.69, 9.17) is 10.5 Å². The Morgan fingerprint density at radius 2 is 1.89 bits per heavy atom. The van der Waals surface area contributed by atoms with Crippen LogP contribution < -0.4 is 10.5 Å². The number of ether oxygens (including phenoxy) is 1. The monoisotopic (exact) mass is 420 g/mol. The third-order valence-corrected chi connectivity index (χ3v) is 4.39. The average molecular weight is 421 g/mol. The summed E-state index contributed by atoms with van der Waals surface area (Å²) in [6.45, 7) is 0. The Balaban J connectivity index is 1.91. The maximum absolute atomic E-state index is 11.7. The number of carbonyl (C=O) groups is 1. The number of halogens is 1. The summed E-state index contributed by atoms with van der Waals surface area (Å²) in [6.07, 6.45) is 3.36. The van der Waals surface area contributed by atoms with Crippen LogP contribution in [0.5, 0.6) is 11.6 Å². The number of hydrogen-bond acceptors (Lipinski definition) is 5. The van der Waals surface area contributed by atoms with Crippen LogP contribution >= 0.6 is 15.9 Å². The molecule has 0 bridgehead atoms. The molecule has 2 aromatic carbocycles. The lowest BCUT2D eigenvalue weighted by Gasteiger charge is -2.12. The largest absolute Gasteiger partial charge is 0.437 e. The lowest BCUT2D eigenvalue weighted by atomic mass is 10.2. The molecule has 6 nitrogen and oxygen atoms in total. The van der Waals surface area contributed by atoms with Crippen LogP contribution in [0, 0.1) is 0 Å². The van der Waals surface area contributed by atoms with Gasteiger partial charge in [0.1, 0.15) is 5.75 Å². The molecule has 132 valence electrons. The van der Waals surface area contributed by atoms with Crippen molar-refractivity contribution < 1.29 is 9.53 Å². The molecule has 0 saturated carbocycles. The fourth-order valence-electron chi connectivity index (χ4n) is 2.64. The quantitative estimate of drug-likeness (QED) is 0.529. The molecule has 2 aromatic heterocycles. The zero-order valence-corrected chi connectivity index (χ0v) is 15.6. The van der Waals surface area contributed by atoms with Gasteiger partial charge in [0.25, 0.3) is 5.91 Å². The molecular weight excluding hydrogens is 408 g/mol. The summed E-state index contributed by atoms with van der Waals surface area (Å²) in [6, 6.07) is 16.1. The summed E-state index contributed by atoms with van der Waals surface area (Å²) in [7, 11) is 0. The molecule has 1 amide bonds. The van der Waals surface area contributed by atoms with Crippen molar-refractivity contribution >= 4 is 32.7 Å². The van der Waals surface area contributed by atoms with E-state index in [0.29, 0.717) is 28.4 Å². The topological polar surface area (TPSA) is 91.0 Å². The molecule has 0 saturated heterocycles. The van der Waals surface area contributed by atoms with Gasteiger partial charge in [-0.2, -0.15) is 4.98 Å². The molecule has 0 aliphatic heterocycles. The van der Waals surface area contributed by atoms with Crippen molar-refractivity contribution in [1.29, 1.82) is 0 Å². The first-order valence-electron chi connectivity index (χ1n) is 8.06. The van der Waals surface area contributed by atoms with Gasteiger partial charge in [-0.15, -0.1) is 0 Å². The van der Waals surface area contributed by atoms with E-state index in [1.165, 1.54) is 0 Å². The highest BCUT2D eigenvalue weighted by molar-refractivity contribution is 9.10. The molecule has 2 N–H and O–H groups in total. The van der Waals surface area contributed by atoms with Crippen LogP contribution in [0.2, 0.25) is 0 Å². The first kappa shape index (κ1) is 17.1. The van der Waals surface area contributed by atoms with Gasteiger partial charge in [0.05, 0.1) is 16.5 Å². The van der Waals surface area contributed by atoms with E-state index in [-0.39, 0.29) is 5.56 Å². The van der Waals surface area contributed by atoms with Crippen molar-refractivity contribution in [3.05, 3.63) is 77.0 Å². The first-order chi connectivity index (χ1) is 13.1. The van der Waals surface area contributed by atoms with E-state index in [2.05, 4.69) is 30.9 Å². The maximum Gasteiger partial charge on any atom is 0.252 e. The average Bonchev–Trinajstić information content (AvgIpc) is 2.69. The van der Waals surface area contributed by atoms with Crippen LogP contribution in [-0.2, 0) is 0 Å². The SMILES string of the molecule is NC(=O)c1ccccc1Oc1nc(-c2cccnc2)nc2ccc(Br)cc12. The Kier molecular flexibility index (Phi) is 4.52. The number of rotatable bonds is 4. The summed E-state index contributed by atoms with van der Waals surface area (Å²) in [4.78, 5) is 25.0. The molecule has 0 fully saturated rings. The summed E-state index contributed by atoms with van der Waals surface area (Å²) in [5, 5.41) is 0.705. The number of nitrogens with zero attached hydrogens (tertiary/aromatic N) is 3. The summed E-state index contributed by atoms with van der Waals surface area (Å²) in [5.41, 5.74) is 7.20. The highest BCUT2D eigenvalue weighted by atomic mass is 79.9. The Morgan fingerprint density at radius 1 is 1.04 bits per heavy atom. The molecule has 2 heterocycles. The van der Waals surface area contributed by atoms with Crippen molar-refractivity contribution in [2.24, 2.45) is 5.73 Å². The van der Waals surface area contributed by atoms with E-state index in [1.807, 2.05) is 30.3 Å². The Labute approximate surface area is 163 Å². The molecular formula is C20H13BrN4O2. The molecule has 0 atom stereocenters. The van der Waals surface area contributed by atoms with Gasteiger partial charge in [-0.3, -0.25) is 9.78 Å². The number of benzene rings is 2. The smallest absolute Gasteiger partial charge is 0.252 e. The van der Waals surface area contributed by atoms with E-state index in [1.54, 1.807) is 36.7 Å². The number of hydrogen-bond donors (Lipinski definition) is 1. The Hall–Kier alpha value is -3.32. The van der Waals surface area contributed by atoms with E-state index < -0.39 is 5.91 Å². The van der Waals surface area contributed by atoms with Crippen LogP contribution in [0.4, 0.5) is 0 Å². The van der Waals surface area contributed by atoms with E-state index in [9.17, 15) is 4.79 Å². The second-order valence-corrected chi connectivity index (χ2v) is 6.63. The van der Waals surface area contributed by atoms with Gasteiger partial charge in [0.2, 0.25) is 5.88 Å². The van der Waals surface area contributed by atoms with Gasteiger partial charge >= 0.3 is 0 Å². The number of aromatic nitrogens is 3. The molecule has 4 aromatic rings. The standard InChI is InChI=1S/C20H13BrN4O2/c21-13-7-8-16-15(10-13)20(25-19(24-16)12-4-3-9-23-11-12)27-17-6-2-1-5-14(17)18(22)26/h1-11H,(H2,22,26). The molecule has 0 spiro atoms. The predicted molar refractivity (Wildman–Crippen MR) is 106 cm³/mol. The predicted octanol–water partition coefficient (Wildman–Crippen LogP) is 4.35. The van der Waals surface area contributed by atoms with Crippen molar-refractivity contribution in [2.75, 3.05) is 0 Å². The van der Waals surface area contributed by atoms with Crippen LogP contribution in [0.1, 0.15) is 10.4 Å². The number of fused-ring (bicyclic) bond motifs is 1. The number of nitrogens with two attached hydrogens (primary N) is 1. The van der Waals surface area contributed by atoms with Gasteiger partial charge in [-0.25, -0.2) is 4.98 Å². The number of para-hydroxylation sites is 1. The van der Waals surface area contributed by atoms with E-state index in [0.717, 1.165) is 10.0 Å². The minimum atomic E-state index is -0.572. The summed E-state index contributed by atoms with van der Waals surface area (Å²) < 4.78 is 6.87. The van der Waals surface area contributed by atoms with Gasteiger partial charge in [-0.1, -0.05) is 28.1 Å². The fourth-order valence-corrected chi connectivity index (χ4v) is 3.00. The Bertz CT molecular complexity index is 1150. The molecule has 0 aliphatic rings. The van der Waals surface area contributed by atoms with Crippen molar-refractivity contribution in [3.8, 4) is 23.0 Å².